The fraction of sp³-hybridized carbons (Fsp3) is 0.111. The number of aromatic nitrogens is 2. The maximum Gasteiger partial charge on any atom is 0.252 e. The van der Waals surface area contributed by atoms with Crippen LogP contribution in [-0.2, 0) is 7.05 Å². The number of hydrogen-bond acceptors (Lipinski definition) is 2. The standard InChI is InChI=1S/C18H14ClFIN3O/c1-24-9-8-22-17(24)16(11-2-5-13(20)6-3-11)23-18(25)12-4-7-14(19)15(21)10-12/h2-10,16H,1H3,(H,23,25). The molecule has 2 aromatic carbocycles. The molecule has 0 saturated carbocycles. The zero-order chi connectivity index (χ0) is 18.0. The molecule has 1 N–H and O–H groups in total. The third-order valence-corrected chi connectivity index (χ3v) is 5.32. The molecule has 0 aliphatic rings. The van der Waals surface area contributed by atoms with Crippen LogP contribution in [0.1, 0.15) is 27.8 Å². The largest absolute Gasteiger partial charge is 0.338 e. The topological polar surface area (TPSA) is 46.9 Å². The second-order valence-electron chi connectivity index (χ2n) is 5.48. The van der Waals surface area contributed by atoms with Crippen molar-refractivity contribution in [2.75, 3.05) is 0 Å². The molecule has 1 atom stereocenters. The summed E-state index contributed by atoms with van der Waals surface area (Å²) in [7, 11) is 1.84. The van der Waals surface area contributed by atoms with Gasteiger partial charge in [-0.25, -0.2) is 9.37 Å². The van der Waals surface area contributed by atoms with E-state index in [1.165, 1.54) is 12.1 Å². The van der Waals surface area contributed by atoms with Crippen LogP contribution in [0.2, 0.25) is 5.02 Å². The Kier molecular flexibility index (Phi) is 5.39. The molecule has 1 heterocycles. The summed E-state index contributed by atoms with van der Waals surface area (Å²) in [4.78, 5) is 17.0. The number of benzene rings is 2. The minimum absolute atomic E-state index is 0.257. The molecule has 3 aromatic rings. The molecule has 1 aromatic heterocycles. The zero-order valence-corrected chi connectivity index (χ0v) is 16.1. The lowest BCUT2D eigenvalue weighted by atomic mass is 10.1. The highest BCUT2D eigenvalue weighted by atomic mass is 127. The molecule has 0 bridgehead atoms. The Bertz CT molecular complexity index is 911. The molecule has 4 nitrogen and oxygen atoms in total. The number of amides is 1. The van der Waals surface area contributed by atoms with E-state index >= 15 is 0 Å². The van der Waals surface area contributed by atoms with Crippen LogP contribution >= 0.6 is 34.2 Å². The van der Waals surface area contributed by atoms with E-state index in [1.807, 2.05) is 11.6 Å². The van der Waals surface area contributed by atoms with Crippen molar-refractivity contribution in [3.05, 3.63) is 86.2 Å². The molecule has 0 aliphatic heterocycles. The molecule has 0 saturated heterocycles. The number of carbonyl (C=O) groups excluding carboxylic acids is 1. The van der Waals surface area contributed by atoms with Crippen molar-refractivity contribution in [2.24, 2.45) is 7.05 Å². The number of nitrogens with one attached hydrogen (secondary N) is 1. The normalized spacial score (nSPS) is 12.0. The van der Waals surface area contributed by atoms with Crippen molar-refractivity contribution in [1.29, 1.82) is 0 Å². The fourth-order valence-electron chi connectivity index (χ4n) is 2.46. The van der Waals surface area contributed by atoms with Crippen molar-refractivity contribution in [1.82, 2.24) is 14.9 Å². The number of aryl methyl sites for hydroxylation is 1. The van der Waals surface area contributed by atoms with E-state index in [2.05, 4.69) is 32.9 Å². The van der Waals surface area contributed by atoms with Gasteiger partial charge < -0.3 is 9.88 Å². The maximum atomic E-state index is 13.3. The SMILES string of the molecule is Cn1ccnc1C(NC(=O)c1ccc(Cl)c(I)c1)c1ccc(F)cc1. The summed E-state index contributed by atoms with van der Waals surface area (Å²) in [6, 6.07) is 10.6. The monoisotopic (exact) mass is 469 g/mol. The lowest BCUT2D eigenvalue weighted by molar-refractivity contribution is 0.0941. The van der Waals surface area contributed by atoms with Crippen LogP contribution in [0.3, 0.4) is 0 Å². The van der Waals surface area contributed by atoms with Crippen LogP contribution in [0.4, 0.5) is 4.39 Å². The van der Waals surface area contributed by atoms with Crippen molar-refractivity contribution in [2.45, 2.75) is 6.04 Å². The molecular formula is C18H14ClFIN3O. The van der Waals surface area contributed by atoms with Crippen LogP contribution < -0.4 is 5.32 Å². The zero-order valence-electron chi connectivity index (χ0n) is 13.2. The Balaban J connectivity index is 1.94. The van der Waals surface area contributed by atoms with Gasteiger partial charge >= 0.3 is 0 Å². The van der Waals surface area contributed by atoms with Gasteiger partial charge in [-0.15, -0.1) is 0 Å². The van der Waals surface area contributed by atoms with Gasteiger partial charge in [0.1, 0.15) is 17.7 Å². The Morgan fingerprint density at radius 1 is 1.28 bits per heavy atom. The molecule has 128 valence electrons. The summed E-state index contributed by atoms with van der Waals surface area (Å²) in [6.45, 7) is 0. The van der Waals surface area contributed by atoms with Gasteiger partial charge in [0.05, 0.1) is 5.02 Å². The van der Waals surface area contributed by atoms with Gasteiger partial charge in [0, 0.05) is 28.6 Å². The fourth-order valence-corrected chi connectivity index (χ4v) is 3.09. The molecule has 0 spiro atoms. The van der Waals surface area contributed by atoms with E-state index in [4.69, 9.17) is 11.6 Å². The predicted molar refractivity (Wildman–Crippen MR) is 103 cm³/mol. The van der Waals surface area contributed by atoms with Crippen molar-refractivity contribution < 1.29 is 9.18 Å². The molecule has 25 heavy (non-hydrogen) atoms. The van der Waals surface area contributed by atoms with E-state index in [-0.39, 0.29) is 11.7 Å². The summed E-state index contributed by atoms with van der Waals surface area (Å²) < 4.78 is 15.9. The Labute approximate surface area is 163 Å². The average Bonchev–Trinajstić information content (AvgIpc) is 3.01. The Morgan fingerprint density at radius 3 is 2.60 bits per heavy atom. The molecule has 1 amide bonds. The van der Waals surface area contributed by atoms with Crippen LogP contribution in [0.25, 0.3) is 0 Å². The molecular weight excluding hydrogens is 456 g/mol. The summed E-state index contributed by atoms with van der Waals surface area (Å²) in [5.41, 5.74) is 1.24. The number of nitrogens with zero attached hydrogens (tertiary/aromatic N) is 2. The number of rotatable bonds is 4. The molecule has 0 radical (unpaired) electrons. The van der Waals surface area contributed by atoms with Gasteiger partial charge in [0.15, 0.2) is 0 Å². The highest BCUT2D eigenvalue weighted by molar-refractivity contribution is 14.1. The minimum Gasteiger partial charge on any atom is -0.338 e. The van der Waals surface area contributed by atoms with E-state index in [0.29, 0.717) is 16.4 Å². The summed E-state index contributed by atoms with van der Waals surface area (Å²) in [6.07, 6.45) is 3.45. The number of imidazole rings is 1. The highest BCUT2D eigenvalue weighted by Gasteiger charge is 2.21. The van der Waals surface area contributed by atoms with Crippen LogP contribution in [0.15, 0.2) is 54.9 Å². The molecule has 0 aliphatic carbocycles. The average molecular weight is 470 g/mol. The van der Waals surface area contributed by atoms with Crippen molar-refractivity contribution in [3.63, 3.8) is 0 Å². The first-order valence-electron chi connectivity index (χ1n) is 7.44. The van der Waals surface area contributed by atoms with Crippen LogP contribution in [0.5, 0.6) is 0 Å². The number of carbonyl (C=O) groups is 1. The lowest BCUT2D eigenvalue weighted by Gasteiger charge is -2.19. The predicted octanol–water partition coefficient (Wildman–Crippen LogP) is 4.34. The van der Waals surface area contributed by atoms with E-state index in [0.717, 1.165) is 9.13 Å². The highest BCUT2D eigenvalue weighted by Crippen LogP contribution is 2.23. The van der Waals surface area contributed by atoms with Gasteiger partial charge in [0.25, 0.3) is 5.91 Å². The smallest absolute Gasteiger partial charge is 0.252 e. The Hall–Kier alpha value is -1.93. The number of halogens is 3. The maximum absolute atomic E-state index is 13.3. The van der Waals surface area contributed by atoms with Gasteiger partial charge in [-0.1, -0.05) is 23.7 Å². The molecule has 0 fully saturated rings. The third-order valence-electron chi connectivity index (χ3n) is 3.78. The summed E-state index contributed by atoms with van der Waals surface area (Å²) in [5.74, 6) is 0.0662. The summed E-state index contributed by atoms with van der Waals surface area (Å²) in [5, 5.41) is 3.56. The quantitative estimate of drug-likeness (QED) is 0.578. The van der Waals surface area contributed by atoms with Crippen molar-refractivity contribution >= 4 is 40.1 Å². The summed E-state index contributed by atoms with van der Waals surface area (Å²) >= 11 is 8.09. The van der Waals surface area contributed by atoms with Gasteiger partial charge in [-0.3, -0.25) is 4.79 Å². The molecule has 3 rings (SSSR count). The third kappa shape index (κ3) is 4.01. The second kappa shape index (κ2) is 7.53. The Morgan fingerprint density at radius 2 is 2.00 bits per heavy atom. The van der Waals surface area contributed by atoms with Crippen LogP contribution in [-0.4, -0.2) is 15.5 Å². The van der Waals surface area contributed by atoms with E-state index < -0.39 is 6.04 Å². The van der Waals surface area contributed by atoms with Gasteiger partial charge in [-0.2, -0.15) is 0 Å². The van der Waals surface area contributed by atoms with Gasteiger partial charge in [0.2, 0.25) is 0 Å². The molecule has 1 unspecified atom stereocenters. The van der Waals surface area contributed by atoms with E-state index in [1.54, 1.807) is 42.7 Å². The van der Waals surface area contributed by atoms with Crippen LogP contribution in [0, 0.1) is 9.39 Å². The first-order valence-corrected chi connectivity index (χ1v) is 8.90. The van der Waals surface area contributed by atoms with E-state index in [9.17, 15) is 9.18 Å². The van der Waals surface area contributed by atoms with Crippen molar-refractivity contribution in [3.8, 4) is 0 Å². The second-order valence-corrected chi connectivity index (χ2v) is 7.05. The molecule has 7 heteroatoms. The lowest BCUT2D eigenvalue weighted by Crippen LogP contribution is -2.31. The first kappa shape index (κ1) is 17.9. The first-order chi connectivity index (χ1) is 12.0. The van der Waals surface area contributed by atoms with Gasteiger partial charge in [-0.05, 0) is 58.5 Å². The number of hydrogen-bond donors (Lipinski definition) is 1. The minimum atomic E-state index is -0.499.